The first-order valence-corrected chi connectivity index (χ1v) is 7.76. The third-order valence-electron chi connectivity index (χ3n) is 4.14. The predicted octanol–water partition coefficient (Wildman–Crippen LogP) is 1.74. The van der Waals surface area contributed by atoms with Gasteiger partial charge in [0.2, 0.25) is 5.91 Å². The molecule has 0 atom stereocenters. The number of benzene rings is 1. The molecule has 1 aromatic rings. The lowest BCUT2D eigenvalue weighted by molar-refractivity contribution is -0.132. The molecule has 0 saturated heterocycles. The number of carbonyl (C=O) groups is 1. The molecular weight excluding hydrogens is 264 g/mol. The van der Waals surface area contributed by atoms with Gasteiger partial charge < -0.3 is 10.0 Å². The SMILES string of the molecule is CCN(Cc1ccccc1)C(=O)CN(C)CC1CC(O)C1. The van der Waals surface area contributed by atoms with E-state index < -0.39 is 0 Å². The number of hydrogen-bond acceptors (Lipinski definition) is 3. The van der Waals surface area contributed by atoms with E-state index in [1.54, 1.807) is 0 Å². The Kier molecular flexibility index (Phi) is 5.76. The van der Waals surface area contributed by atoms with Gasteiger partial charge in [-0.1, -0.05) is 30.3 Å². The second-order valence-corrected chi connectivity index (χ2v) is 6.08. The van der Waals surface area contributed by atoms with Gasteiger partial charge in [0.05, 0.1) is 12.6 Å². The number of amides is 1. The maximum atomic E-state index is 12.4. The molecule has 0 aromatic heterocycles. The van der Waals surface area contributed by atoms with Crippen LogP contribution in [0.2, 0.25) is 0 Å². The summed E-state index contributed by atoms with van der Waals surface area (Å²) in [7, 11) is 1.99. The molecule has 0 aliphatic heterocycles. The zero-order chi connectivity index (χ0) is 15.2. The van der Waals surface area contributed by atoms with Gasteiger partial charge in [0.15, 0.2) is 0 Å². The Labute approximate surface area is 127 Å². The largest absolute Gasteiger partial charge is 0.393 e. The first-order valence-electron chi connectivity index (χ1n) is 7.76. The van der Waals surface area contributed by atoms with Gasteiger partial charge >= 0.3 is 0 Å². The van der Waals surface area contributed by atoms with E-state index in [4.69, 9.17) is 0 Å². The van der Waals surface area contributed by atoms with Crippen molar-refractivity contribution in [3.8, 4) is 0 Å². The number of rotatable bonds is 7. The van der Waals surface area contributed by atoms with Gasteiger partial charge in [-0.25, -0.2) is 0 Å². The Morgan fingerprint density at radius 2 is 1.95 bits per heavy atom. The Morgan fingerprint density at radius 1 is 1.29 bits per heavy atom. The van der Waals surface area contributed by atoms with Crippen LogP contribution in [0.1, 0.15) is 25.3 Å². The lowest BCUT2D eigenvalue weighted by Crippen LogP contribution is -2.42. The molecule has 0 radical (unpaired) electrons. The third-order valence-corrected chi connectivity index (χ3v) is 4.14. The molecule has 0 bridgehead atoms. The maximum absolute atomic E-state index is 12.4. The second-order valence-electron chi connectivity index (χ2n) is 6.08. The maximum Gasteiger partial charge on any atom is 0.237 e. The Morgan fingerprint density at radius 3 is 2.52 bits per heavy atom. The highest BCUT2D eigenvalue weighted by Crippen LogP contribution is 2.27. The molecule has 1 N–H and O–H groups in total. The summed E-state index contributed by atoms with van der Waals surface area (Å²) in [5, 5.41) is 9.31. The smallest absolute Gasteiger partial charge is 0.237 e. The summed E-state index contributed by atoms with van der Waals surface area (Å²) in [5.74, 6) is 0.714. The van der Waals surface area contributed by atoms with Crippen molar-refractivity contribution in [3.63, 3.8) is 0 Å². The zero-order valence-corrected chi connectivity index (χ0v) is 13.0. The lowest BCUT2D eigenvalue weighted by Gasteiger charge is -2.34. The highest BCUT2D eigenvalue weighted by atomic mass is 16.3. The van der Waals surface area contributed by atoms with Gasteiger partial charge in [0, 0.05) is 19.6 Å². The van der Waals surface area contributed by atoms with Crippen molar-refractivity contribution in [1.82, 2.24) is 9.80 Å². The van der Waals surface area contributed by atoms with Crippen LogP contribution in [0.25, 0.3) is 0 Å². The summed E-state index contributed by atoms with van der Waals surface area (Å²) in [6.07, 6.45) is 1.63. The molecular formula is C17H26N2O2. The summed E-state index contributed by atoms with van der Waals surface area (Å²) in [4.78, 5) is 16.3. The number of aliphatic hydroxyl groups is 1. The zero-order valence-electron chi connectivity index (χ0n) is 13.0. The predicted molar refractivity (Wildman–Crippen MR) is 83.8 cm³/mol. The van der Waals surface area contributed by atoms with Crippen molar-refractivity contribution in [1.29, 1.82) is 0 Å². The Hall–Kier alpha value is -1.39. The van der Waals surface area contributed by atoms with Crippen LogP contribution in [-0.2, 0) is 11.3 Å². The number of likely N-dealkylation sites (N-methyl/N-ethyl adjacent to an activating group) is 2. The molecule has 1 aliphatic carbocycles. The molecule has 116 valence electrons. The van der Waals surface area contributed by atoms with Crippen LogP contribution in [0.5, 0.6) is 0 Å². The molecule has 1 aromatic carbocycles. The first-order chi connectivity index (χ1) is 10.1. The Bertz CT molecular complexity index is 443. The molecule has 1 saturated carbocycles. The van der Waals surface area contributed by atoms with Crippen molar-refractivity contribution in [2.24, 2.45) is 5.92 Å². The van der Waals surface area contributed by atoms with Crippen LogP contribution in [0.4, 0.5) is 0 Å². The van der Waals surface area contributed by atoms with Gasteiger partial charge in [-0.05, 0) is 38.3 Å². The highest BCUT2D eigenvalue weighted by molar-refractivity contribution is 5.78. The van der Waals surface area contributed by atoms with Crippen molar-refractivity contribution < 1.29 is 9.90 Å². The minimum absolute atomic E-state index is 0.121. The van der Waals surface area contributed by atoms with E-state index in [0.717, 1.165) is 31.5 Å². The van der Waals surface area contributed by atoms with Crippen LogP contribution >= 0.6 is 0 Å². The minimum atomic E-state index is -0.121. The molecule has 4 nitrogen and oxygen atoms in total. The van der Waals surface area contributed by atoms with Gasteiger partial charge in [0.25, 0.3) is 0 Å². The molecule has 21 heavy (non-hydrogen) atoms. The summed E-state index contributed by atoms with van der Waals surface area (Å²) >= 11 is 0. The van der Waals surface area contributed by atoms with Crippen LogP contribution in [-0.4, -0.2) is 53.6 Å². The van der Waals surface area contributed by atoms with Crippen molar-refractivity contribution in [2.75, 3.05) is 26.7 Å². The van der Waals surface area contributed by atoms with Gasteiger partial charge in [-0.15, -0.1) is 0 Å². The fraction of sp³-hybridized carbons (Fsp3) is 0.588. The standard InChI is InChI=1S/C17H26N2O2/c1-3-19(12-14-7-5-4-6-8-14)17(21)13-18(2)11-15-9-16(20)10-15/h4-8,15-16,20H,3,9-13H2,1-2H3. The van der Waals surface area contributed by atoms with Crippen LogP contribution in [0, 0.1) is 5.92 Å². The highest BCUT2D eigenvalue weighted by Gasteiger charge is 2.28. The number of aliphatic hydroxyl groups excluding tert-OH is 1. The van der Waals surface area contributed by atoms with E-state index in [0.29, 0.717) is 19.0 Å². The van der Waals surface area contributed by atoms with Crippen LogP contribution < -0.4 is 0 Å². The fourth-order valence-corrected chi connectivity index (χ4v) is 2.87. The summed E-state index contributed by atoms with van der Waals surface area (Å²) in [6.45, 7) is 4.76. The van der Waals surface area contributed by atoms with Crippen LogP contribution in [0.15, 0.2) is 30.3 Å². The molecule has 1 amide bonds. The molecule has 0 unspecified atom stereocenters. The van der Waals surface area contributed by atoms with Crippen molar-refractivity contribution in [3.05, 3.63) is 35.9 Å². The van der Waals surface area contributed by atoms with Crippen molar-refractivity contribution >= 4 is 5.91 Å². The van der Waals surface area contributed by atoms with Gasteiger partial charge in [0.1, 0.15) is 0 Å². The topological polar surface area (TPSA) is 43.8 Å². The quantitative estimate of drug-likeness (QED) is 0.832. The average Bonchev–Trinajstić information content (AvgIpc) is 2.44. The van der Waals surface area contributed by atoms with Crippen LogP contribution in [0.3, 0.4) is 0 Å². The second kappa shape index (κ2) is 7.57. The van der Waals surface area contributed by atoms with E-state index in [1.807, 2.05) is 37.1 Å². The van der Waals surface area contributed by atoms with Gasteiger partial charge in [-0.2, -0.15) is 0 Å². The Balaban J connectivity index is 1.79. The molecule has 1 fully saturated rings. The summed E-state index contributed by atoms with van der Waals surface area (Å²) in [6, 6.07) is 10.1. The lowest BCUT2D eigenvalue weighted by atomic mass is 9.82. The van der Waals surface area contributed by atoms with E-state index in [1.165, 1.54) is 0 Å². The fourth-order valence-electron chi connectivity index (χ4n) is 2.87. The van der Waals surface area contributed by atoms with E-state index >= 15 is 0 Å². The number of carbonyl (C=O) groups excluding carboxylic acids is 1. The number of nitrogens with zero attached hydrogens (tertiary/aromatic N) is 2. The van der Waals surface area contributed by atoms with E-state index in [-0.39, 0.29) is 12.0 Å². The normalized spacial score (nSPS) is 21.1. The van der Waals surface area contributed by atoms with E-state index in [9.17, 15) is 9.90 Å². The number of hydrogen-bond donors (Lipinski definition) is 1. The molecule has 2 rings (SSSR count). The molecule has 0 spiro atoms. The average molecular weight is 290 g/mol. The summed E-state index contributed by atoms with van der Waals surface area (Å²) < 4.78 is 0. The minimum Gasteiger partial charge on any atom is -0.393 e. The van der Waals surface area contributed by atoms with Gasteiger partial charge in [-0.3, -0.25) is 9.69 Å². The molecule has 0 heterocycles. The van der Waals surface area contributed by atoms with Crippen molar-refractivity contribution in [2.45, 2.75) is 32.4 Å². The van der Waals surface area contributed by atoms with E-state index in [2.05, 4.69) is 17.0 Å². The monoisotopic (exact) mass is 290 g/mol. The molecule has 1 aliphatic rings. The third kappa shape index (κ3) is 4.83. The summed E-state index contributed by atoms with van der Waals surface area (Å²) in [5.41, 5.74) is 1.16. The first kappa shape index (κ1) is 16.0. The molecule has 4 heteroatoms.